The number of fused-ring (bicyclic) bond motifs is 4. The molecule has 2 aromatic carbocycles. The van der Waals surface area contributed by atoms with E-state index in [1.165, 1.54) is 31.0 Å². The van der Waals surface area contributed by atoms with Crippen molar-refractivity contribution in [1.29, 1.82) is 0 Å². The summed E-state index contributed by atoms with van der Waals surface area (Å²) in [4.78, 5) is 38.0. The van der Waals surface area contributed by atoms with Crippen LogP contribution in [0, 0.1) is 5.92 Å². The minimum Gasteiger partial charge on any atom is -0.490 e. The van der Waals surface area contributed by atoms with Crippen molar-refractivity contribution in [2.24, 2.45) is 5.92 Å². The van der Waals surface area contributed by atoms with Gasteiger partial charge in [-0.15, -0.1) is 0 Å². The second-order valence-corrected chi connectivity index (χ2v) is 17.9. The van der Waals surface area contributed by atoms with Crippen LogP contribution >= 0.6 is 11.6 Å². The molecule has 4 atom stereocenters. The monoisotopic (exact) mass is 789 g/mol. The summed E-state index contributed by atoms with van der Waals surface area (Å²) in [5.74, 6) is 0.165. The minimum absolute atomic E-state index is 0.0250. The fourth-order valence-electron chi connectivity index (χ4n) is 8.97. The van der Waals surface area contributed by atoms with Gasteiger partial charge in [0, 0.05) is 67.7 Å². The van der Waals surface area contributed by atoms with E-state index in [0.717, 1.165) is 30.6 Å². The predicted octanol–water partition coefficient (Wildman–Crippen LogP) is 5.83. The van der Waals surface area contributed by atoms with Gasteiger partial charge in [-0.2, -0.15) is 0 Å². The number of benzene rings is 2. The van der Waals surface area contributed by atoms with Crippen molar-refractivity contribution in [3.8, 4) is 5.75 Å². The van der Waals surface area contributed by atoms with Crippen LogP contribution in [-0.2, 0) is 36.1 Å². The lowest BCUT2D eigenvalue weighted by molar-refractivity contribution is -0.139. The van der Waals surface area contributed by atoms with Crippen LogP contribution in [0.4, 0.5) is 16.3 Å². The Hall–Kier alpha value is -4.33. The SMILES string of the molecule is CC[C@H]1[C@@H](OC(=O)N2CCN(c3ccccn3)CC2)/C=C/COC(C)(C)C(=O)NS(=O)(=O)c2ccc3c(c2)N2C[C@@H]1c1cc4c(cc1Cl)CCC[C@@]4(CO3)C2. The van der Waals surface area contributed by atoms with Crippen LogP contribution in [0.5, 0.6) is 5.75 Å². The standard InChI is InChI=1S/C41H48ClN5O7S/c1-4-29-31-24-47-25-41(14-7-9-27-21-33(42)30(31)23-32(27)41)26-52-36-13-12-28(22-34(36)47)55(50,51)44-38(48)40(2,3)53-20-8-10-35(29)54-39(49)46-18-16-45(17-19-46)37-11-5-6-15-43-37/h5-6,8,10-13,15,21-23,29,31,35H,4,7,9,14,16-20,24-26H2,1-3H3,(H,44,48)/b10-8+/t29-,31+,35+,41+/m1/s1. The molecule has 292 valence electrons. The largest absolute Gasteiger partial charge is 0.490 e. The Morgan fingerprint density at radius 2 is 1.91 bits per heavy atom. The fourth-order valence-corrected chi connectivity index (χ4v) is 10.4. The zero-order valence-electron chi connectivity index (χ0n) is 31.5. The van der Waals surface area contributed by atoms with Gasteiger partial charge in [0.25, 0.3) is 15.9 Å². The second kappa shape index (κ2) is 14.6. The van der Waals surface area contributed by atoms with Gasteiger partial charge in [0.05, 0.1) is 23.8 Å². The molecule has 8 rings (SSSR count). The summed E-state index contributed by atoms with van der Waals surface area (Å²) in [5, 5.41) is 0.665. The summed E-state index contributed by atoms with van der Waals surface area (Å²) in [7, 11) is -4.27. The van der Waals surface area contributed by atoms with E-state index >= 15 is 0 Å². The zero-order chi connectivity index (χ0) is 38.5. The molecule has 1 saturated heterocycles. The topological polar surface area (TPSA) is 131 Å². The van der Waals surface area contributed by atoms with Crippen molar-refractivity contribution in [3.05, 3.63) is 88.6 Å². The first-order chi connectivity index (χ1) is 26.4. The molecule has 5 heterocycles. The maximum Gasteiger partial charge on any atom is 0.410 e. The van der Waals surface area contributed by atoms with E-state index < -0.39 is 33.7 Å². The van der Waals surface area contributed by atoms with Gasteiger partial charge >= 0.3 is 6.09 Å². The van der Waals surface area contributed by atoms with Crippen molar-refractivity contribution in [2.75, 3.05) is 62.3 Å². The van der Waals surface area contributed by atoms with Crippen molar-refractivity contribution in [1.82, 2.24) is 14.6 Å². The molecule has 1 spiro atoms. The van der Waals surface area contributed by atoms with Gasteiger partial charge in [0.1, 0.15) is 23.3 Å². The molecule has 0 saturated carbocycles. The number of pyridine rings is 1. The molecule has 2 amide bonds. The molecule has 12 nitrogen and oxygen atoms in total. The number of hydrogen-bond donors (Lipinski definition) is 1. The molecule has 55 heavy (non-hydrogen) atoms. The number of piperazine rings is 1. The molecule has 14 heteroatoms. The molecule has 0 radical (unpaired) electrons. The summed E-state index contributed by atoms with van der Waals surface area (Å²) < 4.78 is 48.8. The summed E-state index contributed by atoms with van der Waals surface area (Å²) in [6, 6.07) is 15.0. The Balaban J connectivity index is 1.21. The van der Waals surface area contributed by atoms with Gasteiger partial charge in [-0.25, -0.2) is 22.9 Å². The van der Waals surface area contributed by atoms with Crippen LogP contribution in [0.1, 0.15) is 62.6 Å². The maximum atomic E-state index is 14.1. The maximum absolute atomic E-state index is 14.1. The van der Waals surface area contributed by atoms with Gasteiger partial charge in [-0.05, 0) is 98.7 Å². The number of halogens is 1. The highest BCUT2D eigenvalue weighted by molar-refractivity contribution is 7.90. The highest BCUT2D eigenvalue weighted by Gasteiger charge is 2.46. The van der Waals surface area contributed by atoms with Crippen LogP contribution in [0.25, 0.3) is 0 Å². The summed E-state index contributed by atoms with van der Waals surface area (Å²) in [5.41, 5.74) is 2.15. The number of nitrogens with zero attached hydrogens (tertiary/aromatic N) is 4. The highest BCUT2D eigenvalue weighted by Crippen LogP contribution is 2.50. The molecule has 3 aromatic rings. The first-order valence-corrected chi connectivity index (χ1v) is 21.1. The number of carbonyl (C=O) groups excluding carboxylic acids is 2. The molecule has 4 aliphatic heterocycles. The number of anilines is 2. The van der Waals surface area contributed by atoms with Gasteiger partial charge in [0.2, 0.25) is 0 Å². The molecular weight excluding hydrogens is 742 g/mol. The normalized spacial score (nSPS) is 27.6. The van der Waals surface area contributed by atoms with Crippen LogP contribution in [0.15, 0.2) is 71.8 Å². The molecule has 1 aliphatic carbocycles. The number of ether oxygens (including phenoxy) is 3. The number of carbonyl (C=O) groups is 2. The number of aromatic nitrogens is 1. The second-order valence-electron chi connectivity index (χ2n) is 15.8. The molecule has 1 aromatic heterocycles. The third-order valence-corrected chi connectivity index (χ3v) is 13.7. The Morgan fingerprint density at radius 3 is 2.67 bits per heavy atom. The fraction of sp³-hybridized carbons (Fsp3) is 0.488. The minimum atomic E-state index is -4.27. The first kappa shape index (κ1) is 37.6. The Kier molecular flexibility index (Phi) is 10.00. The summed E-state index contributed by atoms with van der Waals surface area (Å²) >= 11 is 7.25. The van der Waals surface area contributed by atoms with Crippen LogP contribution in [-0.4, -0.2) is 94.5 Å². The number of nitrogens with one attached hydrogen (secondary N) is 1. The van der Waals surface area contributed by atoms with E-state index in [9.17, 15) is 18.0 Å². The number of hydrogen-bond acceptors (Lipinski definition) is 10. The third-order valence-electron chi connectivity index (χ3n) is 12.1. The first-order valence-electron chi connectivity index (χ1n) is 19.2. The molecule has 7 bridgehead atoms. The van der Waals surface area contributed by atoms with E-state index in [-0.39, 0.29) is 28.8 Å². The lowest BCUT2D eigenvalue weighted by atomic mass is 9.67. The van der Waals surface area contributed by atoms with E-state index in [1.54, 1.807) is 29.3 Å². The van der Waals surface area contributed by atoms with Gasteiger partial charge in [0.15, 0.2) is 0 Å². The van der Waals surface area contributed by atoms with E-state index in [2.05, 4.69) is 38.6 Å². The molecule has 0 unspecified atom stereocenters. The zero-order valence-corrected chi connectivity index (χ0v) is 33.1. The van der Waals surface area contributed by atoms with Crippen molar-refractivity contribution in [3.63, 3.8) is 0 Å². The van der Waals surface area contributed by atoms with Crippen LogP contribution in [0.3, 0.4) is 0 Å². The Morgan fingerprint density at radius 1 is 1.09 bits per heavy atom. The number of aryl methyl sites for hydroxylation is 1. The van der Waals surface area contributed by atoms with Gasteiger partial charge < -0.3 is 28.9 Å². The van der Waals surface area contributed by atoms with Crippen molar-refractivity contribution in [2.45, 2.75) is 74.4 Å². The van der Waals surface area contributed by atoms with Crippen molar-refractivity contribution >= 4 is 45.1 Å². The summed E-state index contributed by atoms with van der Waals surface area (Å²) in [6.45, 7) is 8.79. The lowest BCUT2D eigenvalue weighted by Crippen LogP contribution is -2.51. The molecule has 1 fully saturated rings. The average Bonchev–Trinajstić information content (AvgIpc) is 3.32. The molecule has 5 aliphatic rings. The third kappa shape index (κ3) is 7.15. The lowest BCUT2D eigenvalue weighted by Gasteiger charge is -2.46. The van der Waals surface area contributed by atoms with Crippen LogP contribution < -0.4 is 19.3 Å². The highest BCUT2D eigenvalue weighted by atomic mass is 35.5. The van der Waals surface area contributed by atoms with E-state index in [4.69, 9.17) is 25.8 Å². The smallest absolute Gasteiger partial charge is 0.410 e. The van der Waals surface area contributed by atoms with E-state index in [0.29, 0.717) is 68.8 Å². The van der Waals surface area contributed by atoms with Crippen LogP contribution in [0.2, 0.25) is 5.02 Å². The number of rotatable bonds is 3. The Bertz CT molecular complexity index is 2110. The summed E-state index contributed by atoms with van der Waals surface area (Å²) in [6.07, 6.45) is 7.69. The predicted molar refractivity (Wildman–Crippen MR) is 210 cm³/mol. The van der Waals surface area contributed by atoms with Gasteiger partial charge in [-0.1, -0.05) is 36.7 Å². The van der Waals surface area contributed by atoms with Gasteiger partial charge in [-0.3, -0.25) is 4.79 Å². The number of sulfonamides is 1. The van der Waals surface area contributed by atoms with E-state index in [1.807, 2.05) is 24.3 Å². The average molecular weight is 790 g/mol. The quantitative estimate of drug-likeness (QED) is 0.324. The number of amides is 2. The van der Waals surface area contributed by atoms with Crippen molar-refractivity contribution < 1.29 is 32.2 Å². The Labute approximate surface area is 327 Å². The molecule has 1 N–H and O–H groups in total. The molecular formula is C41H48ClN5O7S.